The van der Waals surface area contributed by atoms with E-state index in [1.54, 1.807) is 0 Å². The van der Waals surface area contributed by atoms with E-state index in [0.29, 0.717) is 0 Å². The van der Waals surface area contributed by atoms with Gasteiger partial charge in [-0.15, -0.1) is 0 Å². The van der Waals surface area contributed by atoms with Gasteiger partial charge in [0.1, 0.15) is 0 Å². The lowest BCUT2D eigenvalue weighted by molar-refractivity contribution is 1.18. The van der Waals surface area contributed by atoms with Gasteiger partial charge in [0.2, 0.25) is 0 Å². The number of rotatable bonds is 5. The molecule has 0 atom stereocenters. The van der Waals surface area contributed by atoms with E-state index in [9.17, 15) is 0 Å². The van der Waals surface area contributed by atoms with Crippen LogP contribution in [0.3, 0.4) is 0 Å². The third kappa shape index (κ3) is 4.41. The Morgan fingerprint density at radius 1 is 0.404 bits per heavy atom. The topological polar surface area (TPSA) is 8.17 Å². The summed E-state index contributed by atoms with van der Waals surface area (Å²) in [6.07, 6.45) is 0. The molecule has 2 nitrogen and oxygen atoms in total. The quantitative estimate of drug-likeness (QED) is 0.178. The first-order chi connectivity index (χ1) is 23.3. The number of hydrogen-bond donors (Lipinski definition) is 0. The molecule has 0 amide bonds. The molecule has 8 aromatic carbocycles. The summed E-state index contributed by atoms with van der Waals surface area (Å²) < 4.78 is 2.38. The molecule has 0 unspecified atom stereocenters. The fourth-order valence-corrected chi connectivity index (χ4v) is 7.37. The van der Waals surface area contributed by atoms with E-state index in [1.165, 1.54) is 65.7 Å². The zero-order valence-electron chi connectivity index (χ0n) is 26.1. The van der Waals surface area contributed by atoms with E-state index in [-0.39, 0.29) is 0 Å². The van der Waals surface area contributed by atoms with Crippen molar-refractivity contribution in [3.8, 4) is 16.8 Å². The number of anilines is 3. The van der Waals surface area contributed by atoms with Gasteiger partial charge in [-0.2, -0.15) is 0 Å². The lowest BCUT2D eigenvalue weighted by Gasteiger charge is -2.30. The number of para-hydroxylation sites is 3. The van der Waals surface area contributed by atoms with Crippen LogP contribution in [0.25, 0.3) is 60.2 Å². The first-order valence-corrected chi connectivity index (χ1v) is 16.2. The number of fused-ring (bicyclic) bond motifs is 5. The van der Waals surface area contributed by atoms with Crippen LogP contribution in [0.4, 0.5) is 17.1 Å². The first-order valence-electron chi connectivity index (χ1n) is 16.2. The maximum Gasteiger partial charge on any atom is 0.0618 e. The van der Waals surface area contributed by atoms with Crippen LogP contribution in [0.1, 0.15) is 5.56 Å². The minimum absolute atomic E-state index is 1.12. The second-order valence-electron chi connectivity index (χ2n) is 12.2. The van der Waals surface area contributed by atoms with E-state index >= 15 is 0 Å². The average molecular weight is 601 g/mol. The SMILES string of the molecule is Cc1ccc2c(-c3ccccc3)c3ccccc3c(N(c3ccccc3)c3ccc4c(c3)c3ccccc3n4-c3ccccc3)c2c1. The molecular formula is C45H32N2. The normalized spacial score (nSPS) is 11.5. The van der Waals surface area contributed by atoms with Gasteiger partial charge in [-0.05, 0) is 83.4 Å². The largest absolute Gasteiger partial charge is 0.309 e. The van der Waals surface area contributed by atoms with Crippen molar-refractivity contribution in [3.63, 3.8) is 0 Å². The van der Waals surface area contributed by atoms with Gasteiger partial charge in [-0.25, -0.2) is 0 Å². The third-order valence-corrected chi connectivity index (χ3v) is 9.38. The maximum absolute atomic E-state index is 2.47. The van der Waals surface area contributed by atoms with Crippen molar-refractivity contribution in [2.45, 2.75) is 6.92 Å². The van der Waals surface area contributed by atoms with E-state index in [4.69, 9.17) is 0 Å². The Morgan fingerprint density at radius 3 is 1.77 bits per heavy atom. The van der Waals surface area contributed by atoms with Crippen LogP contribution in [-0.4, -0.2) is 4.57 Å². The number of benzene rings is 8. The van der Waals surface area contributed by atoms with Crippen molar-refractivity contribution < 1.29 is 0 Å². The Balaban J connectivity index is 1.39. The van der Waals surface area contributed by atoms with Gasteiger partial charge in [-0.3, -0.25) is 0 Å². The number of aryl methyl sites for hydroxylation is 1. The Labute approximate surface area is 274 Å². The molecule has 9 rings (SSSR count). The highest BCUT2D eigenvalue weighted by atomic mass is 15.1. The van der Waals surface area contributed by atoms with Crippen molar-refractivity contribution in [1.82, 2.24) is 4.57 Å². The molecular weight excluding hydrogens is 569 g/mol. The summed E-state index contributed by atoms with van der Waals surface area (Å²) in [6.45, 7) is 2.19. The summed E-state index contributed by atoms with van der Waals surface area (Å²) in [4.78, 5) is 2.47. The molecule has 0 aliphatic heterocycles. The highest BCUT2D eigenvalue weighted by Gasteiger charge is 2.23. The fourth-order valence-electron chi connectivity index (χ4n) is 7.37. The molecule has 1 aromatic heterocycles. The smallest absolute Gasteiger partial charge is 0.0618 e. The van der Waals surface area contributed by atoms with E-state index in [2.05, 4.69) is 192 Å². The van der Waals surface area contributed by atoms with Gasteiger partial charge >= 0.3 is 0 Å². The molecule has 9 aromatic rings. The van der Waals surface area contributed by atoms with Gasteiger partial charge in [0.15, 0.2) is 0 Å². The predicted octanol–water partition coefficient (Wildman–Crippen LogP) is 12.5. The van der Waals surface area contributed by atoms with Crippen LogP contribution >= 0.6 is 0 Å². The number of nitrogens with zero attached hydrogens (tertiary/aromatic N) is 2. The second-order valence-corrected chi connectivity index (χ2v) is 12.2. The molecule has 47 heavy (non-hydrogen) atoms. The van der Waals surface area contributed by atoms with Crippen molar-refractivity contribution in [3.05, 3.63) is 181 Å². The van der Waals surface area contributed by atoms with Gasteiger partial charge in [-0.1, -0.05) is 127 Å². The van der Waals surface area contributed by atoms with Crippen LogP contribution < -0.4 is 4.90 Å². The van der Waals surface area contributed by atoms with Gasteiger partial charge in [0, 0.05) is 38.6 Å². The van der Waals surface area contributed by atoms with Gasteiger partial charge in [0.25, 0.3) is 0 Å². The molecule has 0 saturated heterocycles. The zero-order chi connectivity index (χ0) is 31.3. The summed E-state index contributed by atoms with van der Waals surface area (Å²) in [5.41, 5.74) is 10.7. The van der Waals surface area contributed by atoms with Gasteiger partial charge < -0.3 is 9.47 Å². The van der Waals surface area contributed by atoms with Crippen LogP contribution in [0, 0.1) is 6.92 Å². The lowest BCUT2D eigenvalue weighted by atomic mass is 9.89. The Bertz CT molecular complexity index is 2560. The van der Waals surface area contributed by atoms with E-state index in [0.717, 1.165) is 17.1 Å². The Morgan fingerprint density at radius 2 is 1.00 bits per heavy atom. The Kier molecular flexibility index (Phi) is 6.39. The monoisotopic (exact) mass is 600 g/mol. The molecule has 1 heterocycles. The molecule has 0 fully saturated rings. The highest BCUT2D eigenvalue weighted by Crippen LogP contribution is 2.49. The van der Waals surface area contributed by atoms with E-state index in [1.807, 2.05) is 0 Å². The molecule has 0 N–H and O–H groups in total. The summed E-state index contributed by atoms with van der Waals surface area (Å²) >= 11 is 0. The third-order valence-electron chi connectivity index (χ3n) is 9.38. The number of hydrogen-bond acceptors (Lipinski definition) is 1. The standard InChI is InChI=1S/C45H32N2/c1-31-25-27-38-41(29-31)45(39-23-12-11-22-37(39)44(38)32-15-5-2-6-16-32)46(33-17-7-3-8-18-33)35-26-28-43-40(30-35)36-21-13-14-24-42(36)47(43)34-19-9-4-10-20-34/h2-30H,1H3. The molecule has 222 valence electrons. The Hall–Kier alpha value is -6.12. The molecule has 0 saturated carbocycles. The highest BCUT2D eigenvalue weighted by molar-refractivity contribution is 6.23. The summed E-state index contributed by atoms with van der Waals surface area (Å²) in [5.74, 6) is 0. The number of aromatic nitrogens is 1. The molecule has 0 bridgehead atoms. The molecule has 0 aliphatic rings. The van der Waals surface area contributed by atoms with Crippen LogP contribution in [-0.2, 0) is 0 Å². The van der Waals surface area contributed by atoms with E-state index < -0.39 is 0 Å². The zero-order valence-corrected chi connectivity index (χ0v) is 26.1. The minimum Gasteiger partial charge on any atom is -0.309 e. The van der Waals surface area contributed by atoms with Crippen LogP contribution in [0.5, 0.6) is 0 Å². The summed E-state index contributed by atoms with van der Waals surface area (Å²) in [5, 5.41) is 7.42. The second kappa shape index (κ2) is 11.0. The van der Waals surface area contributed by atoms with Crippen molar-refractivity contribution in [2.24, 2.45) is 0 Å². The van der Waals surface area contributed by atoms with Gasteiger partial charge in [0.05, 0.1) is 16.7 Å². The lowest BCUT2D eigenvalue weighted by Crippen LogP contribution is -2.11. The fraction of sp³-hybridized carbons (Fsp3) is 0.0222. The summed E-state index contributed by atoms with van der Waals surface area (Å²) in [7, 11) is 0. The molecule has 0 aliphatic carbocycles. The molecule has 2 heteroatoms. The predicted molar refractivity (Wildman–Crippen MR) is 201 cm³/mol. The summed E-state index contributed by atoms with van der Waals surface area (Å²) in [6, 6.07) is 63.8. The van der Waals surface area contributed by atoms with Crippen molar-refractivity contribution in [1.29, 1.82) is 0 Å². The maximum atomic E-state index is 2.47. The van der Waals surface area contributed by atoms with Crippen molar-refractivity contribution in [2.75, 3.05) is 4.90 Å². The minimum atomic E-state index is 1.12. The first kappa shape index (κ1) is 27.2. The van der Waals surface area contributed by atoms with Crippen LogP contribution in [0.15, 0.2) is 176 Å². The molecule has 0 spiro atoms. The molecule has 0 radical (unpaired) electrons. The average Bonchev–Trinajstić information content (AvgIpc) is 3.46. The van der Waals surface area contributed by atoms with Crippen molar-refractivity contribution >= 4 is 60.4 Å². The van der Waals surface area contributed by atoms with Crippen LogP contribution in [0.2, 0.25) is 0 Å².